The standard InChI is InChI=1S/C26H18F2N8O3S/c1-13-5-17(11-30-10-13)36-25(38)34-23(35(26(36)39)12-15-3-4-18(27)16(6-15)9-29)32-20-8-22-21(7-19(20)28)33-24(40-22)31-14(2)37/h3-8,10-11H,12H2,1-2H3,(H,31,33,37)(H,32,34,38). The van der Waals surface area contributed by atoms with Crippen LogP contribution in [0, 0.1) is 29.9 Å². The Morgan fingerprint density at radius 3 is 2.62 bits per heavy atom. The van der Waals surface area contributed by atoms with Crippen molar-refractivity contribution in [3.63, 3.8) is 0 Å². The number of carbonyl (C=O) groups is 1. The summed E-state index contributed by atoms with van der Waals surface area (Å²) in [6, 6.07) is 9.60. The number of benzene rings is 2. The molecule has 0 saturated heterocycles. The maximum absolute atomic E-state index is 15.1. The van der Waals surface area contributed by atoms with Crippen LogP contribution in [0.3, 0.4) is 0 Å². The van der Waals surface area contributed by atoms with Crippen molar-refractivity contribution in [3.8, 4) is 11.8 Å². The fraction of sp³-hybridized carbons (Fsp3) is 0.115. The highest BCUT2D eigenvalue weighted by molar-refractivity contribution is 7.22. The lowest BCUT2D eigenvalue weighted by Gasteiger charge is -2.16. The third-order valence-corrected chi connectivity index (χ3v) is 6.62. The molecule has 0 spiro atoms. The van der Waals surface area contributed by atoms with Crippen LogP contribution in [0.5, 0.6) is 0 Å². The van der Waals surface area contributed by atoms with Gasteiger partial charge in [-0.25, -0.2) is 27.9 Å². The lowest BCUT2D eigenvalue weighted by molar-refractivity contribution is -0.114. The highest BCUT2D eigenvalue weighted by Crippen LogP contribution is 2.31. The van der Waals surface area contributed by atoms with E-state index in [1.54, 1.807) is 25.3 Å². The third-order valence-electron chi connectivity index (χ3n) is 5.69. The Morgan fingerprint density at radius 2 is 1.90 bits per heavy atom. The van der Waals surface area contributed by atoms with Gasteiger partial charge in [0.15, 0.2) is 5.13 Å². The molecule has 0 unspecified atom stereocenters. The van der Waals surface area contributed by atoms with Crippen molar-refractivity contribution in [3.05, 3.63) is 98.1 Å². The average molecular weight is 561 g/mol. The second-order valence-electron chi connectivity index (χ2n) is 8.69. The Labute approximate surface area is 228 Å². The Bertz CT molecular complexity index is 1980. The van der Waals surface area contributed by atoms with Crippen molar-refractivity contribution in [2.24, 2.45) is 0 Å². The van der Waals surface area contributed by atoms with E-state index in [-0.39, 0.29) is 40.5 Å². The molecule has 3 aromatic heterocycles. The van der Waals surface area contributed by atoms with E-state index in [9.17, 15) is 24.0 Å². The number of nitrogens with one attached hydrogen (secondary N) is 2. The summed E-state index contributed by atoms with van der Waals surface area (Å²) in [5.74, 6) is -2.12. The molecule has 5 aromatic rings. The molecule has 0 fully saturated rings. The van der Waals surface area contributed by atoms with E-state index < -0.39 is 23.0 Å². The van der Waals surface area contributed by atoms with Crippen LogP contribution in [0.4, 0.5) is 25.5 Å². The second-order valence-corrected chi connectivity index (χ2v) is 9.72. The van der Waals surface area contributed by atoms with Crippen LogP contribution in [0.2, 0.25) is 0 Å². The number of amides is 1. The number of nitriles is 1. The molecule has 0 aliphatic heterocycles. The highest BCUT2D eigenvalue weighted by atomic mass is 32.1. The summed E-state index contributed by atoms with van der Waals surface area (Å²) in [7, 11) is 0. The molecule has 200 valence electrons. The Kier molecular flexibility index (Phi) is 6.89. The van der Waals surface area contributed by atoms with E-state index >= 15 is 4.39 Å². The molecule has 3 heterocycles. The molecule has 14 heteroatoms. The molecule has 5 rings (SSSR count). The molecule has 0 bridgehead atoms. The van der Waals surface area contributed by atoms with Gasteiger partial charge in [0.1, 0.15) is 17.7 Å². The van der Waals surface area contributed by atoms with E-state index in [2.05, 4.69) is 25.6 Å². The summed E-state index contributed by atoms with van der Waals surface area (Å²) < 4.78 is 31.4. The number of halogens is 2. The Hall–Kier alpha value is -5.29. The van der Waals surface area contributed by atoms with Crippen molar-refractivity contribution >= 4 is 44.2 Å². The van der Waals surface area contributed by atoms with Crippen molar-refractivity contribution in [2.75, 3.05) is 10.6 Å². The van der Waals surface area contributed by atoms with Gasteiger partial charge in [0.25, 0.3) is 0 Å². The highest BCUT2D eigenvalue weighted by Gasteiger charge is 2.19. The summed E-state index contributed by atoms with van der Waals surface area (Å²) >= 11 is 1.10. The SMILES string of the molecule is CC(=O)Nc1nc2cc(F)c(Nc3nc(=O)n(-c4cncc(C)c4)c(=O)n3Cc3ccc(F)c(C#N)c3)cc2s1. The van der Waals surface area contributed by atoms with Gasteiger partial charge in [-0.2, -0.15) is 10.2 Å². The van der Waals surface area contributed by atoms with Crippen LogP contribution in [0.15, 0.2) is 58.4 Å². The third kappa shape index (κ3) is 5.18. The number of thiazole rings is 1. The zero-order valence-electron chi connectivity index (χ0n) is 20.9. The Balaban J connectivity index is 1.65. The summed E-state index contributed by atoms with van der Waals surface area (Å²) in [4.78, 5) is 50.3. The van der Waals surface area contributed by atoms with Gasteiger partial charge in [-0.1, -0.05) is 17.4 Å². The van der Waals surface area contributed by atoms with E-state index in [0.29, 0.717) is 21.3 Å². The van der Waals surface area contributed by atoms with Crippen LogP contribution in [0.1, 0.15) is 23.6 Å². The molecule has 40 heavy (non-hydrogen) atoms. The molecular formula is C26H18F2N8O3S. The zero-order valence-corrected chi connectivity index (χ0v) is 21.7. The minimum atomic E-state index is -0.944. The number of nitrogens with zero attached hydrogens (tertiary/aromatic N) is 6. The fourth-order valence-corrected chi connectivity index (χ4v) is 4.85. The van der Waals surface area contributed by atoms with Crippen LogP contribution >= 0.6 is 11.3 Å². The fourth-order valence-electron chi connectivity index (χ4n) is 3.92. The predicted octanol–water partition coefficient (Wildman–Crippen LogP) is 3.61. The largest absolute Gasteiger partial charge is 0.359 e. The maximum Gasteiger partial charge on any atom is 0.359 e. The van der Waals surface area contributed by atoms with Gasteiger partial charge in [-0.05, 0) is 42.3 Å². The van der Waals surface area contributed by atoms with Crippen LogP contribution < -0.4 is 22.0 Å². The summed E-state index contributed by atoms with van der Waals surface area (Å²) in [5, 5.41) is 14.8. The number of aryl methyl sites for hydroxylation is 1. The molecular weight excluding hydrogens is 542 g/mol. The number of aromatic nitrogens is 5. The van der Waals surface area contributed by atoms with Gasteiger partial charge in [0, 0.05) is 19.2 Å². The van der Waals surface area contributed by atoms with Crippen molar-refractivity contribution in [1.29, 1.82) is 5.26 Å². The van der Waals surface area contributed by atoms with E-state index in [1.807, 2.05) is 0 Å². The minimum Gasteiger partial charge on any atom is -0.323 e. The quantitative estimate of drug-likeness (QED) is 0.320. The lowest BCUT2D eigenvalue weighted by atomic mass is 10.1. The smallest absolute Gasteiger partial charge is 0.323 e. The first-order valence-corrected chi connectivity index (χ1v) is 12.4. The molecule has 0 atom stereocenters. The molecule has 0 aliphatic rings. The number of hydrogen-bond acceptors (Lipinski definition) is 9. The number of fused-ring (bicyclic) bond motifs is 1. The molecule has 2 N–H and O–H groups in total. The van der Waals surface area contributed by atoms with Gasteiger partial charge < -0.3 is 10.6 Å². The van der Waals surface area contributed by atoms with Gasteiger partial charge in [-0.15, -0.1) is 0 Å². The molecule has 0 aliphatic carbocycles. The number of pyridine rings is 1. The monoisotopic (exact) mass is 560 g/mol. The molecule has 0 saturated carbocycles. The first kappa shape index (κ1) is 26.3. The number of anilines is 3. The molecule has 2 aromatic carbocycles. The van der Waals surface area contributed by atoms with Crippen molar-refractivity contribution in [1.82, 2.24) is 24.1 Å². The second kappa shape index (κ2) is 10.5. The lowest BCUT2D eigenvalue weighted by Crippen LogP contribution is -2.41. The maximum atomic E-state index is 15.1. The first-order chi connectivity index (χ1) is 19.1. The predicted molar refractivity (Wildman–Crippen MR) is 144 cm³/mol. The number of carbonyl (C=O) groups excluding carboxylic acids is 1. The van der Waals surface area contributed by atoms with Crippen LogP contribution in [0.25, 0.3) is 15.9 Å². The van der Waals surface area contributed by atoms with E-state index in [4.69, 9.17) is 0 Å². The summed E-state index contributed by atoms with van der Waals surface area (Å²) in [6.07, 6.45) is 2.87. The Morgan fingerprint density at radius 1 is 1.10 bits per heavy atom. The summed E-state index contributed by atoms with van der Waals surface area (Å²) in [6.45, 7) is 2.82. The van der Waals surface area contributed by atoms with Crippen LogP contribution in [-0.4, -0.2) is 30.0 Å². The van der Waals surface area contributed by atoms with Gasteiger partial charge in [0.2, 0.25) is 11.9 Å². The van der Waals surface area contributed by atoms with E-state index in [1.165, 1.54) is 31.3 Å². The zero-order chi connectivity index (χ0) is 28.6. The van der Waals surface area contributed by atoms with Gasteiger partial charge >= 0.3 is 11.4 Å². The summed E-state index contributed by atoms with van der Waals surface area (Å²) in [5.41, 5.74) is -0.616. The van der Waals surface area contributed by atoms with Gasteiger partial charge in [-0.3, -0.25) is 14.3 Å². The first-order valence-electron chi connectivity index (χ1n) is 11.6. The number of rotatable bonds is 6. The normalized spacial score (nSPS) is 10.9. The van der Waals surface area contributed by atoms with E-state index in [0.717, 1.165) is 32.6 Å². The number of hydrogen-bond donors (Lipinski definition) is 2. The van der Waals surface area contributed by atoms with Crippen molar-refractivity contribution in [2.45, 2.75) is 20.4 Å². The average Bonchev–Trinajstić information content (AvgIpc) is 3.27. The minimum absolute atomic E-state index is 0.114. The van der Waals surface area contributed by atoms with Crippen LogP contribution in [-0.2, 0) is 11.3 Å². The van der Waals surface area contributed by atoms with Gasteiger partial charge in [0.05, 0.1) is 39.9 Å². The molecule has 0 radical (unpaired) electrons. The topological polar surface area (TPSA) is 148 Å². The molecule has 11 nitrogen and oxygen atoms in total. The molecule has 1 amide bonds. The van der Waals surface area contributed by atoms with Crippen molar-refractivity contribution < 1.29 is 13.6 Å².